The fraction of sp³-hybridized carbons (Fsp3) is 0.633. The summed E-state index contributed by atoms with van der Waals surface area (Å²) in [4.78, 5) is 73.3. The molecule has 20 nitrogen and oxygen atoms in total. The van der Waals surface area contributed by atoms with Gasteiger partial charge in [0.05, 0.1) is 40.6 Å². The molecule has 69 heavy (non-hydrogen) atoms. The minimum Gasteiger partial charge on any atom is -0.491 e. The predicted octanol–water partition coefficient (Wildman–Crippen LogP) is 6.58. The first-order valence-electron chi connectivity index (χ1n) is 23.4. The first-order chi connectivity index (χ1) is 32.9. The first kappa shape index (κ1) is 59.1. The Morgan fingerprint density at radius 2 is 0.826 bits per heavy atom. The van der Waals surface area contributed by atoms with Gasteiger partial charge in [-0.05, 0) is 135 Å². The number of carbonyl (C=O) groups excluding carboxylic acids is 6. The van der Waals surface area contributed by atoms with Crippen LogP contribution in [0.1, 0.15) is 97.6 Å². The summed E-state index contributed by atoms with van der Waals surface area (Å²) >= 11 is 0. The van der Waals surface area contributed by atoms with Crippen LogP contribution in [0.2, 0.25) is 0 Å². The van der Waals surface area contributed by atoms with Crippen molar-refractivity contribution in [3.63, 3.8) is 0 Å². The molecule has 0 aliphatic heterocycles. The van der Waals surface area contributed by atoms with Crippen LogP contribution in [0.25, 0.3) is 0 Å². The number of amides is 4. The third-order valence-corrected chi connectivity index (χ3v) is 9.42. The van der Waals surface area contributed by atoms with Crippen molar-refractivity contribution < 1.29 is 76.1 Å². The minimum absolute atomic E-state index is 0.0604. The quantitative estimate of drug-likeness (QED) is 0.0344. The molecule has 4 N–H and O–H groups in total. The Kier molecular flexibility index (Phi) is 28.7. The van der Waals surface area contributed by atoms with Crippen LogP contribution >= 0.6 is 0 Å². The number of rotatable bonds is 32. The maximum atomic E-state index is 12.5. The molecule has 2 atom stereocenters. The molecular weight excluding hydrogens is 901 g/mol. The normalized spacial score (nSPS) is 12.1. The molecule has 388 valence electrons. The van der Waals surface area contributed by atoms with Crippen molar-refractivity contribution in [1.82, 2.24) is 21.3 Å². The highest BCUT2D eigenvalue weighted by Gasteiger charge is 2.26. The topological polar surface area (TPSA) is 243 Å². The molecule has 0 saturated carbocycles. The zero-order chi connectivity index (χ0) is 50.9. The number of hydrogen-bond donors (Lipinski definition) is 4. The van der Waals surface area contributed by atoms with E-state index < -0.39 is 59.6 Å². The highest BCUT2D eigenvalue weighted by atomic mass is 16.6. The largest absolute Gasteiger partial charge is 0.491 e. The lowest BCUT2D eigenvalue weighted by atomic mass is 10.1. The average Bonchev–Trinajstić information content (AvgIpc) is 3.29. The molecule has 0 radical (unpaired) electrons. The number of hydrogen-bond acceptors (Lipinski definition) is 16. The number of unbranched alkanes of at least 4 members (excludes halogenated alkanes) is 2. The summed E-state index contributed by atoms with van der Waals surface area (Å²) in [5, 5.41) is 10.4. The van der Waals surface area contributed by atoms with Crippen molar-refractivity contribution in [3.8, 4) is 11.5 Å². The lowest BCUT2D eigenvalue weighted by Gasteiger charge is -2.19. The summed E-state index contributed by atoms with van der Waals surface area (Å²) in [5.74, 6) is -0.0756. The monoisotopic (exact) mass is 977 g/mol. The second-order valence-corrected chi connectivity index (χ2v) is 17.6. The molecule has 2 aromatic rings. The molecule has 0 spiro atoms. The molecule has 4 amide bonds. The highest BCUT2D eigenvalue weighted by molar-refractivity contribution is 5.82. The predicted molar refractivity (Wildman–Crippen MR) is 254 cm³/mol. The third-order valence-electron chi connectivity index (χ3n) is 9.42. The van der Waals surface area contributed by atoms with Gasteiger partial charge in [0.2, 0.25) is 0 Å². The van der Waals surface area contributed by atoms with E-state index in [0.29, 0.717) is 24.6 Å². The minimum atomic E-state index is -1.09. The molecule has 0 aliphatic carbocycles. The third kappa shape index (κ3) is 30.2. The molecule has 2 unspecified atom stereocenters. The van der Waals surface area contributed by atoms with E-state index in [1.807, 2.05) is 90.1 Å². The fourth-order valence-electron chi connectivity index (χ4n) is 6.13. The number of methoxy groups -OCH3 is 2. The van der Waals surface area contributed by atoms with Gasteiger partial charge in [-0.1, -0.05) is 24.3 Å². The van der Waals surface area contributed by atoms with Gasteiger partial charge in [-0.2, -0.15) is 0 Å². The first-order valence-corrected chi connectivity index (χ1v) is 23.4. The number of nitrogens with one attached hydrogen (secondary N) is 4. The summed E-state index contributed by atoms with van der Waals surface area (Å²) < 4.78 is 52.9. The summed E-state index contributed by atoms with van der Waals surface area (Å²) in [6.07, 6.45) is 2.93. The van der Waals surface area contributed by atoms with Crippen LogP contribution in [0.4, 0.5) is 19.2 Å². The maximum Gasteiger partial charge on any atom is 0.407 e. The fourth-order valence-corrected chi connectivity index (χ4v) is 6.13. The summed E-state index contributed by atoms with van der Waals surface area (Å²) in [5.41, 5.74) is 1.25. The molecule has 0 aromatic heterocycles. The smallest absolute Gasteiger partial charge is 0.407 e. The Bertz CT molecular complexity index is 1670. The molecule has 0 fully saturated rings. The number of benzene rings is 2. The van der Waals surface area contributed by atoms with Gasteiger partial charge < -0.3 is 68.6 Å². The van der Waals surface area contributed by atoms with Gasteiger partial charge in [0.15, 0.2) is 0 Å². The van der Waals surface area contributed by atoms with Gasteiger partial charge in [0.1, 0.15) is 61.2 Å². The maximum absolute atomic E-state index is 12.5. The van der Waals surface area contributed by atoms with Crippen molar-refractivity contribution in [1.29, 1.82) is 0 Å². The molecule has 0 aliphatic rings. The zero-order valence-corrected chi connectivity index (χ0v) is 41.7. The van der Waals surface area contributed by atoms with Crippen molar-refractivity contribution in [3.05, 3.63) is 59.7 Å². The molecule has 0 saturated heterocycles. The standard InChI is InChI=1S/C49H76N4O16/c1-48(2,3)68-44(56)50-26-11-9-14-36-18-22-38(23-19-36)64-32-28-62-30-34-66-46(58)52-40(42(54)60-7)16-13-17-41(43(55)61-8)53-47(59)67-35-31-63-29-33-65-39-24-20-37(21-25-39)15-10-12-27-51-45(57)69-49(4,5)6/h18-25,40-41H,9-17,26-35H2,1-8H3,(H,50,56)(H,51,57)(H,52,58)(H,53,59). The summed E-state index contributed by atoms with van der Waals surface area (Å²) in [6.45, 7) is 13.1. The zero-order valence-electron chi connectivity index (χ0n) is 41.7. The van der Waals surface area contributed by atoms with Gasteiger partial charge in [-0.15, -0.1) is 0 Å². The van der Waals surface area contributed by atoms with E-state index in [-0.39, 0.29) is 72.1 Å². The van der Waals surface area contributed by atoms with Crippen LogP contribution in [-0.2, 0) is 60.3 Å². The SMILES string of the molecule is COC(=O)C(CCCC(NC(=O)OCCOCCOc1ccc(CCCCNC(=O)OC(C)(C)C)cc1)C(=O)OC)NC(=O)OCCOCCOc1ccc(CCCCNC(=O)OC(C)(C)C)cc1. The Balaban J connectivity index is 1.56. The molecular formula is C49H76N4O16. The van der Waals surface area contributed by atoms with Crippen LogP contribution in [0.5, 0.6) is 11.5 Å². The van der Waals surface area contributed by atoms with E-state index >= 15 is 0 Å². The van der Waals surface area contributed by atoms with Crippen molar-refractivity contribution in [2.45, 2.75) is 123 Å². The number of ether oxygens (including phenoxy) is 10. The van der Waals surface area contributed by atoms with Gasteiger partial charge in [0.25, 0.3) is 0 Å². The van der Waals surface area contributed by atoms with E-state index in [0.717, 1.165) is 49.7 Å². The molecule has 20 heteroatoms. The Hall–Kier alpha value is -6.02. The van der Waals surface area contributed by atoms with Crippen molar-refractivity contribution in [2.24, 2.45) is 0 Å². The van der Waals surface area contributed by atoms with Crippen molar-refractivity contribution in [2.75, 3.05) is 80.2 Å². The van der Waals surface area contributed by atoms with Gasteiger partial charge in [-0.3, -0.25) is 0 Å². The van der Waals surface area contributed by atoms with E-state index in [1.54, 1.807) is 0 Å². The van der Waals surface area contributed by atoms with Crippen LogP contribution in [0.15, 0.2) is 48.5 Å². The molecule has 0 heterocycles. The van der Waals surface area contributed by atoms with E-state index in [1.165, 1.54) is 14.2 Å². The van der Waals surface area contributed by atoms with Crippen LogP contribution in [-0.4, -0.2) is 140 Å². The number of aryl methyl sites for hydroxylation is 2. The van der Waals surface area contributed by atoms with E-state index in [9.17, 15) is 28.8 Å². The second kappa shape index (κ2) is 33.5. The van der Waals surface area contributed by atoms with Gasteiger partial charge in [0, 0.05) is 13.1 Å². The molecule has 2 rings (SSSR count). The second-order valence-electron chi connectivity index (χ2n) is 17.6. The number of alkyl carbamates (subject to hydrolysis) is 4. The number of esters is 2. The van der Waals surface area contributed by atoms with Crippen LogP contribution in [0.3, 0.4) is 0 Å². The summed E-state index contributed by atoms with van der Waals surface area (Å²) in [6, 6.07) is 13.3. The summed E-state index contributed by atoms with van der Waals surface area (Å²) in [7, 11) is 2.35. The van der Waals surface area contributed by atoms with Crippen LogP contribution < -0.4 is 30.7 Å². The Labute approximate surface area is 406 Å². The van der Waals surface area contributed by atoms with E-state index in [2.05, 4.69) is 21.3 Å². The van der Waals surface area contributed by atoms with E-state index in [4.69, 9.17) is 47.4 Å². The molecule has 0 bridgehead atoms. The highest BCUT2D eigenvalue weighted by Crippen LogP contribution is 2.16. The molecule has 2 aromatic carbocycles. The lowest BCUT2D eigenvalue weighted by molar-refractivity contribution is -0.143. The Morgan fingerprint density at radius 1 is 0.464 bits per heavy atom. The van der Waals surface area contributed by atoms with Gasteiger partial charge in [-0.25, -0.2) is 28.8 Å². The van der Waals surface area contributed by atoms with Gasteiger partial charge >= 0.3 is 36.3 Å². The van der Waals surface area contributed by atoms with Crippen LogP contribution in [0, 0.1) is 0 Å². The lowest BCUT2D eigenvalue weighted by Crippen LogP contribution is -2.44. The Morgan fingerprint density at radius 3 is 1.17 bits per heavy atom. The number of carbonyl (C=O) groups is 6. The van der Waals surface area contributed by atoms with Crippen molar-refractivity contribution >= 4 is 36.3 Å². The average molecular weight is 977 g/mol.